The molecule has 0 aliphatic heterocycles. The van der Waals surface area contributed by atoms with Gasteiger partial charge in [-0.3, -0.25) is 9.59 Å². The van der Waals surface area contributed by atoms with Gasteiger partial charge in [0.2, 0.25) is 5.91 Å². The predicted octanol–water partition coefficient (Wildman–Crippen LogP) is 3.50. The fourth-order valence-corrected chi connectivity index (χ4v) is 4.60. The zero-order valence-corrected chi connectivity index (χ0v) is 14.7. The molecule has 5 heteroatoms. The van der Waals surface area contributed by atoms with Gasteiger partial charge >= 0.3 is 0 Å². The Morgan fingerprint density at radius 2 is 1.78 bits per heavy atom. The summed E-state index contributed by atoms with van der Waals surface area (Å²) in [6, 6.07) is 4.40. The monoisotopic (exact) mass is 334 g/mol. The fraction of sp³-hybridized carbons (Fsp3) is 0.667. The molecule has 126 valence electrons. The normalized spacial score (nSPS) is 19.2. The summed E-state index contributed by atoms with van der Waals surface area (Å²) in [5, 5.41) is 3.11. The van der Waals surface area contributed by atoms with Crippen LogP contribution in [-0.4, -0.2) is 35.3 Å². The summed E-state index contributed by atoms with van der Waals surface area (Å²) in [5.74, 6) is 0.0296. The Morgan fingerprint density at radius 1 is 1.13 bits per heavy atom. The van der Waals surface area contributed by atoms with Crippen molar-refractivity contribution in [3.8, 4) is 0 Å². The number of hydrogen-bond acceptors (Lipinski definition) is 3. The topological polar surface area (TPSA) is 49.4 Å². The summed E-state index contributed by atoms with van der Waals surface area (Å²) >= 11 is 1.52. The number of hydrogen-bond donors (Lipinski definition) is 1. The highest BCUT2D eigenvalue weighted by Crippen LogP contribution is 2.27. The van der Waals surface area contributed by atoms with Crippen LogP contribution in [0.5, 0.6) is 0 Å². The van der Waals surface area contributed by atoms with Gasteiger partial charge in [-0.05, 0) is 44.7 Å². The molecule has 2 fully saturated rings. The van der Waals surface area contributed by atoms with Crippen molar-refractivity contribution in [3.63, 3.8) is 0 Å². The molecule has 1 aromatic rings. The van der Waals surface area contributed by atoms with Gasteiger partial charge in [0, 0.05) is 17.0 Å². The molecule has 1 N–H and O–H groups in total. The van der Waals surface area contributed by atoms with Crippen LogP contribution in [0.2, 0.25) is 0 Å². The summed E-state index contributed by atoms with van der Waals surface area (Å²) in [6.07, 6.45) is 8.90. The first-order valence-corrected chi connectivity index (χ1v) is 9.62. The maximum Gasteiger partial charge on any atom is 0.264 e. The van der Waals surface area contributed by atoms with Gasteiger partial charge in [-0.1, -0.05) is 25.7 Å². The number of thiophene rings is 1. The van der Waals surface area contributed by atoms with E-state index in [0.29, 0.717) is 6.04 Å². The number of amides is 2. The molecule has 23 heavy (non-hydrogen) atoms. The van der Waals surface area contributed by atoms with Gasteiger partial charge in [0.1, 0.15) is 6.54 Å². The Hall–Kier alpha value is -1.36. The van der Waals surface area contributed by atoms with Crippen LogP contribution in [0.25, 0.3) is 0 Å². The van der Waals surface area contributed by atoms with E-state index in [1.807, 2.05) is 24.0 Å². The van der Waals surface area contributed by atoms with E-state index in [0.717, 1.165) is 48.3 Å². The lowest BCUT2D eigenvalue weighted by Gasteiger charge is -2.28. The maximum atomic E-state index is 12.9. The molecule has 0 atom stereocenters. The highest BCUT2D eigenvalue weighted by atomic mass is 32.1. The van der Waals surface area contributed by atoms with E-state index in [4.69, 9.17) is 0 Å². The summed E-state index contributed by atoms with van der Waals surface area (Å²) < 4.78 is 0. The van der Waals surface area contributed by atoms with Gasteiger partial charge in [-0.2, -0.15) is 0 Å². The van der Waals surface area contributed by atoms with Crippen LogP contribution in [0.15, 0.2) is 12.1 Å². The lowest BCUT2D eigenvalue weighted by atomic mass is 10.2. The minimum absolute atomic E-state index is 0.00503. The molecule has 0 bridgehead atoms. The van der Waals surface area contributed by atoms with Gasteiger partial charge < -0.3 is 10.2 Å². The number of carbonyl (C=O) groups is 2. The van der Waals surface area contributed by atoms with Crippen molar-refractivity contribution in [2.75, 3.05) is 6.54 Å². The number of rotatable bonds is 5. The summed E-state index contributed by atoms with van der Waals surface area (Å²) in [7, 11) is 0. The largest absolute Gasteiger partial charge is 0.352 e. The van der Waals surface area contributed by atoms with Crippen molar-refractivity contribution in [2.45, 2.75) is 70.4 Å². The van der Waals surface area contributed by atoms with E-state index < -0.39 is 0 Å². The molecule has 2 amide bonds. The summed E-state index contributed by atoms with van der Waals surface area (Å²) in [4.78, 5) is 29.0. The molecule has 1 aromatic heterocycles. The number of nitrogens with one attached hydrogen (secondary N) is 1. The second kappa shape index (κ2) is 7.47. The smallest absolute Gasteiger partial charge is 0.264 e. The molecule has 4 nitrogen and oxygen atoms in total. The van der Waals surface area contributed by atoms with Crippen molar-refractivity contribution < 1.29 is 9.59 Å². The van der Waals surface area contributed by atoms with Crippen LogP contribution in [0.1, 0.15) is 65.9 Å². The number of carbonyl (C=O) groups excluding carboxylic acids is 2. The Kier molecular flexibility index (Phi) is 5.36. The van der Waals surface area contributed by atoms with E-state index in [9.17, 15) is 9.59 Å². The third-order valence-electron chi connectivity index (χ3n) is 5.01. The number of aryl methyl sites for hydroxylation is 1. The third kappa shape index (κ3) is 4.14. The van der Waals surface area contributed by atoms with Gasteiger partial charge in [0.05, 0.1) is 4.88 Å². The van der Waals surface area contributed by atoms with Crippen LogP contribution in [0.4, 0.5) is 0 Å². The quantitative estimate of drug-likeness (QED) is 0.896. The van der Waals surface area contributed by atoms with Crippen molar-refractivity contribution in [2.24, 2.45) is 0 Å². The van der Waals surface area contributed by atoms with Crippen LogP contribution in [-0.2, 0) is 4.79 Å². The van der Waals surface area contributed by atoms with Gasteiger partial charge in [0.25, 0.3) is 5.91 Å². The standard InChI is InChI=1S/C18H26N2O2S/c1-13-10-11-16(23-13)18(22)20(15-8-4-5-9-15)12-17(21)19-14-6-2-3-7-14/h10-11,14-15H,2-9,12H2,1H3,(H,19,21). The average Bonchev–Trinajstić information content (AvgIpc) is 3.26. The molecule has 0 radical (unpaired) electrons. The Morgan fingerprint density at radius 3 is 2.39 bits per heavy atom. The zero-order chi connectivity index (χ0) is 16.2. The van der Waals surface area contributed by atoms with Crippen molar-refractivity contribution in [1.29, 1.82) is 0 Å². The van der Waals surface area contributed by atoms with Gasteiger partial charge in [0.15, 0.2) is 0 Å². The van der Waals surface area contributed by atoms with E-state index in [-0.39, 0.29) is 24.4 Å². The first-order valence-electron chi connectivity index (χ1n) is 8.80. The third-order valence-corrected chi connectivity index (χ3v) is 6.00. The molecular weight excluding hydrogens is 308 g/mol. The molecule has 2 saturated carbocycles. The molecule has 0 saturated heterocycles. The molecular formula is C18H26N2O2S. The highest BCUT2D eigenvalue weighted by Gasteiger charge is 2.30. The maximum absolute atomic E-state index is 12.9. The van der Waals surface area contributed by atoms with Gasteiger partial charge in [-0.25, -0.2) is 0 Å². The summed E-state index contributed by atoms with van der Waals surface area (Å²) in [5.41, 5.74) is 0. The zero-order valence-electron chi connectivity index (χ0n) is 13.8. The van der Waals surface area contributed by atoms with Crippen LogP contribution in [0, 0.1) is 6.92 Å². The molecule has 1 heterocycles. The molecule has 0 aromatic carbocycles. The SMILES string of the molecule is Cc1ccc(C(=O)N(CC(=O)NC2CCCC2)C2CCCC2)s1. The number of nitrogens with zero attached hydrogens (tertiary/aromatic N) is 1. The van der Waals surface area contributed by atoms with Crippen LogP contribution < -0.4 is 5.32 Å². The lowest BCUT2D eigenvalue weighted by Crippen LogP contribution is -2.47. The molecule has 2 aliphatic rings. The minimum Gasteiger partial charge on any atom is -0.352 e. The summed E-state index contributed by atoms with van der Waals surface area (Å²) in [6.45, 7) is 2.21. The van der Waals surface area contributed by atoms with E-state index in [1.54, 1.807) is 0 Å². The van der Waals surface area contributed by atoms with Crippen LogP contribution >= 0.6 is 11.3 Å². The molecule has 2 aliphatic carbocycles. The molecule has 0 unspecified atom stereocenters. The van der Waals surface area contributed by atoms with E-state index >= 15 is 0 Å². The van der Waals surface area contributed by atoms with Crippen LogP contribution in [0.3, 0.4) is 0 Å². The molecule has 3 rings (SSSR count). The first-order chi connectivity index (χ1) is 11.1. The highest BCUT2D eigenvalue weighted by molar-refractivity contribution is 7.13. The predicted molar refractivity (Wildman–Crippen MR) is 92.7 cm³/mol. The van der Waals surface area contributed by atoms with Gasteiger partial charge in [-0.15, -0.1) is 11.3 Å². The fourth-order valence-electron chi connectivity index (χ4n) is 3.77. The van der Waals surface area contributed by atoms with Crippen molar-refractivity contribution >= 4 is 23.2 Å². The first kappa shape index (κ1) is 16.5. The Labute approximate surface area is 142 Å². The van der Waals surface area contributed by atoms with E-state index in [1.165, 1.54) is 24.2 Å². The second-order valence-electron chi connectivity index (χ2n) is 6.83. The lowest BCUT2D eigenvalue weighted by molar-refractivity contribution is -0.122. The second-order valence-corrected chi connectivity index (χ2v) is 8.12. The molecule has 0 spiro atoms. The Balaban J connectivity index is 1.67. The van der Waals surface area contributed by atoms with Crippen molar-refractivity contribution in [3.05, 3.63) is 21.9 Å². The average molecular weight is 334 g/mol. The van der Waals surface area contributed by atoms with E-state index in [2.05, 4.69) is 5.32 Å². The minimum atomic E-state index is 0.00503. The van der Waals surface area contributed by atoms with Crippen molar-refractivity contribution in [1.82, 2.24) is 10.2 Å². The Bertz CT molecular complexity index is 557.